The van der Waals surface area contributed by atoms with Crippen molar-refractivity contribution in [3.63, 3.8) is 0 Å². The van der Waals surface area contributed by atoms with Gasteiger partial charge in [0.25, 0.3) is 0 Å². The van der Waals surface area contributed by atoms with Gasteiger partial charge in [-0.2, -0.15) is 0 Å². The van der Waals surface area contributed by atoms with Gasteiger partial charge in [-0.15, -0.1) is 11.3 Å². The first-order chi connectivity index (χ1) is 10.7. The summed E-state index contributed by atoms with van der Waals surface area (Å²) in [5.41, 5.74) is 0.882. The minimum Gasteiger partial charge on any atom is -0.376 e. The molecule has 1 fully saturated rings. The molecule has 0 aliphatic carbocycles. The second-order valence-corrected chi connectivity index (χ2v) is 6.44. The number of benzene rings is 1. The fourth-order valence-electron chi connectivity index (χ4n) is 2.72. The third-order valence-corrected chi connectivity index (χ3v) is 4.67. The second kappa shape index (κ2) is 7.03. The molecule has 116 valence electrons. The summed E-state index contributed by atoms with van der Waals surface area (Å²) < 4.78 is 18.9. The number of hydrogen-bond donors (Lipinski definition) is 1. The lowest BCUT2D eigenvalue weighted by Gasteiger charge is -2.24. The number of hydrogen-bond acceptors (Lipinski definition) is 3. The molecule has 5 heteroatoms. The molecule has 22 heavy (non-hydrogen) atoms. The Morgan fingerprint density at radius 1 is 1.36 bits per heavy atom. The van der Waals surface area contributed by atoms with Crippen LogP contribution in [-0.2, 0) is 16.0 Å². The van der Waals surface area contributed by atoms with Crippen molar-refractivity contribution in [3.8, 4) is 0 Å². The van der Waals surface area contributed by atoms with E-state index in [1.165, 1.54) is 12.1 Å². The van der Waals surface area contributed by atoms with E-state index in [2.05, 4.69) is 5.32 Å². The SMILES string of the molecule is O=C(Cc1cccs1)N[C@@H](c1ccc(F)cc1)[C@H]1CCCO1. The number of nitrogens with one attached hydrogen (secondary N) is 1. The van der Waals surface area contributed by atoms with Crippen LogP contribution in [0.4, 0.5) is 4.39 Å². The maximum absolute atomic E-state index is 13.1. The molecule has 1 N–H and O–H groups in total. The summed E-state index contributed by atoms with van der Waals surface area (Å²) in [4.78, 5) is 13.3. The second-order valence-electron chi connectivity index (χ2n) is 5.40. The molecule has 0 unspecified atom stereocenters. The first-order valence-electron chi connectivity index (χ1n) is 7.41. The molecule has 0 bridgehead atoms. The number of amides is 1. The maximum Gasteiger partial charge on any atom is 0.225 e. The van der Waals surface area contributed by atoms with Gasteiger partial charge < -0.3 is 10.1 Å². The van der Waals surface area contributed by atoms with E-state index in [1.54, 1.807) is 23.5 Å². The molecule has 2 atom stereocenters. The summed E-state index contributed by atoms with van der Waals surface area (Å²) in [6.07, 6.45) is 2.21. The fourth-order valence-corrected chi connectivity index (χ4v) is 3.43. The van der Waals surface area contributed by atoms with Crippen LogP contribution < -0.4 is 5.32 Å². The van der Waals surface area contributed by atoms with Gasteiger partial charge in [0.1, 0.15) is 5.82 Å². The number of thiophene rings is 1. The molecule has 1 saturated heterocycles. The molecule has 3 nitrogen and oxygen atoms in total. The predicted octanol–water partition coefficient (Wildman–Crippen LogP) is 3.47. The third-order valence-electron chi connectivity index (χ3n) is 3.80. The highest BCUT2D eigenvalue weighted by molar-refractivity contribution is 7.10. The van der Waals surface area contributed by atoms with Crippen LogP contribution in [-0.4, -0.2) is 18.6 Å². The summed E-state index contributed by atoms with van der Waals surface area (Å²) in [5, 5.41) is 5.01. The van der Waals surface area contributed by atoms with Crippen molar-refractivity contribution in [2.45, 2.75) is 31.4 Å². The van der Waals surface area contributed by atoms with E-state index in [-0.39, 0.29) is 23.9 Å². The number of rotatable bonds is 5. The zero-order valence-corrected chi connectivity index (χ0v) is 12.9. The summed E-state index contributed by atoms with van der Waals surface area (Å²) in [6.45, 7) is 0.711. The third kappa shape index (κ3) is 3.72. The van der Waals surface area contributed by atoms with Crippen LogP contribution in [0.3, 0.4) is 0 Å². The smallest absolute Gasteiger partial charge is 0.225 e. The minimum atomic E-state index is -0.278. The van der Waals surface area contributed by atoms with E-state index < -0.39 is 0 Å². The number of carbonyl (C=O) groups excluding carboxylic acids is 1. The standard InChI is InChI=1S/C17H18FNO2S/c18-13-7-5-12(6-8-13)17(15-4-1-9-21-15)19-16(20)11-14-3-2-10-22-14/h2-3,5-8,10,15,17H,1,4,9,11H2,(H,19,20)/t15-,17+/m1/s1. The van der Waals surface area contributed by atoms with Gasteiger partial charge in [0.2, 0.25) is 5.91 Å². The van der Waals surface area contributed by atoms with Crippen molar-refractivity contribution in [3.05, 3.63) is 58.0 Å². The Labute approximate surface area is 133 Å². The Kier molecular flexibility index (Phi) is 4.85. The van der Waals surface area contributed by atoms with Crippen molar-refractivity contribution in [2.24, 2.45) is 0 Å². The zero-order chi connectivity index (χ0) is 15.4. The van der Waals surface area contributed by atoms with E-state index in [4.69, 9.17) is 4.74 Å². The first-order valence-corrected chi connectivity index (χ1v) is 8.29. The Morgan fingerprint density at radius 3 is 2.82 bits per heavy atom. The van der Waals surface area contributed by atoms with Gasteiger partial charge in [0.05, 0.1) is 18.6 Å². The molecule has 1 aliphatic rings. The molecule has 2 aromatic rings. The highest BCUT2D eigenvalue weighted by atomic mass is 32.1. The maximum atomic E-state index is 13.1. The Balaban J connectivity index is 1.73. The average molecular weight is 319 g/mol. The molecular formula is C17H18FNO2S. The zero-order valence-electron chi connectivity index (χ0n) is 12.1. The van der Waals surface area contributed by atoms with Crippen LogP contribution in [0.25, 0.3) is 0 Å². The molecule has 3 rings (SSSR count). The normalized spacial score (nSPS) is 19.0. The Hall–Kier alpha value is -1.72. The molecule has 1 aromatic heterocycles. The van der Waals surface area contributed by atoms with Crippen molar-refractivity contribution in [2.75, 3.05) is 6.61 Å². The molecule has 0 spiro atoms. The first kappa shape index (κ1) is 15.2. The minimum absolute atomic E-state index is 0.0349. The van der Waals surface area contributed by atoms with Crippen LogP contribution >= 0.6 is 11.3 Å². The quantitative estimate of drug-likeness (QED) is 0.916. The Morgan fingerprint density at radius 2 is 2.18 bits per heavy atom. The van der Waals surface area contributed by atoms with Crippen LogP contribution in [0, 0.1) is 5.82 Å². The van der Waals surface area contributed by atoms with E-state index in [0.717, 1.165) is 23.3 Å². The lowest BCUT2D eigenvalue weighted by molar-refractivity contribution is -0.122. The summed E-state index contributed by atoms with van der Waals surface area (Å²) >= 11 is 1.57. The summed E-state index contributed by atoms with van der Waals surface area (Å²) in [7, 11) is 0. The molecule has 1 amide bonds. The van der Waals surface area contributed by atoms with Gasteiger partial charge in [0.15, 0.2) is 0 Å². The topological polar surface area (TPSA) is 38.3 Å². The van der Waals surface area contributed by atoms with Crippen molar-refractivity contribution >= 4 is 17.2 Å². The number of halogens is 1. The summed E-state index contributed by atoms with van der Waals surface area (Å²) in [6, 6.07) is 9.93. The molecular weight excluding hydrogens is 301 g/mol. The largest absolute Gasteiger partial charge is 0.376 e. The van der Waals surface area contributed by atoms with Crippen molar-refractivity contribution in [1.82, 2.24) is 5.32 Å². The van der Waals surface area contributed by atoms with Crippen LogP contribution in [0.15, 0.2) is 41.8 Å². The molecule has 1 aromatic carbocycles. The van der Waals surface area contributed by atoms with E-state index >= 15 is 0 Å². The molecule has 0 saturated carbocycles. The highest BCUT2D eigenvalue weighted by Crippen LogP contribution is 2.27. The van der Waals surface area contributed by atoms with Crippen LogP contribution in [0.2, 0.25) is 0 Å². The molecule has 1 aliphatic heterocycles. The van der Waals surface area contributed by atoms with Crippen molar-refractivity contribution in [1.29, 1.82) is 0 Å². The number of carbonyl (C=O) groups is 1. The van der Waals surface area contributed by atoms with Gasteiger partial charge in [0, 0.05) is 11.5 Å². The summed E-state index contributed by atoms with van der Waals surface area (Å²) in [5.74, 6) is -0.313. The lowest BCUT2D eigenvalue weighted by Crippen LogP contribution is -2.36. The average Bonchev–Trinajstić information content (AvgIpc) is 3.19. The van der Waals surface area contributed by atoms with Gasteiger partial charge >= 0.3 is 0 Å². The van der Waals surface area contributed by atoms with E-state index in [1.807, 2.05) is 17.5 Å². The van der Waals surface area contributed by atoms with E-state index in [0.29, 0.717) is 13.0 Å². The van der Waals surface area contributed by atoms with Crippen LogP contribution in [0.5, 0.6) is 0 Å². The highest BCUT2D eigenvalue weighted by Gasteiger charge is 2.28. The van der Waals surface area contributed by atoms with E-state index in [9.17, 15) is 9.18 Å². The van der Waals surface area contributed by atoms with Gasteiger partial charge in [-0.1, -0.05) is 18.2 Å². The van der Waals surface area contributed by atoms with Gasteiger partial charge in [-0.3, -0.25) is 4.79 Å². The fraction of sp³-hybridized carbons (Fsp3) is 0.353. The predicted molar refractivity (Wildman–Crippen MR) is 84.3 cm³/mol. The lowest BCUT2D eigenvalue weighted by atomic mass is 9.99. The number of ether oxygens (including phenoxy) is 1. The monoisotopic (exact) mass is 319 g/mol. The Bertz CT molecular complexity index is 606. The van der Waals surface area contributed by atoms with Crippen LogP contribution in [0.1, 0.15) is 29.3 Å². The molecule has 0 radical (unpaired) electrons. The van der Waals surface area contributed by atoms with Crippen molar-refractivity contribution < 1.29 is 13.9 Å². The van der Waals surface area contributed by atoms with Gasteiger partial charge in [-0.25, -0.2) is 4.39 Å². The van der Waals surface area contributed by atoms with Gasteiger partial charge in [-0.05, 0) is 42.0 Å². The molecule has 2 heterocycles.